The van der Waals surface area contributed by atoms with Gasteiger partial charge in [-0.1, -0.05) is 51.8 Å². The maximum absolute atomic E-state index is 13.3. The highest BCUT2D eigenvalue weighted by atomic mass is 79.9. The fraction of sp³-hybridized carbons (Fsp3) is 0.0909. The molecule has 3 aromatic carbocycles. The van der Waals surface area contributed by atoms with Crippen LogP contribution in [0.25, 0.3) is 0 Å². The van der Waals surface area contributed by atoms with E-state index in [9.17, 15) is 23.3 Å². The van der Waals surface area contributed by atoms with Gasteiger partial charge in [-0.25, -0.2) is 13.8 Å². The van der Waals surface area contributed by atoms with E-state index in [-0.39, 0.29) is 21.8 Å². The van der Waals surface area contributed by atoms with Gasteiger partial charge in [0, 0.05) is 10.5 Å². The number of sulfonamides is 1. The Balaban J connectivity index is 1.86. The third kappa shape index (κ3) is 6.02. The first kappa shape index (κ1) is 24.1. The largest absolute Gasteiger partial charge is 0.278 e. The van der Waals surface area contributed by atoms with E-state index in [1.54, 1.807) is 42.5 Å². The molecule has 0 aromatic heterocycles. The van der Waals surface area contributed by atoms with Crippen molar-refractivity contribution in [2.45, 2.75) is 11.8 Å². The molecular formula is C22H19BrN4O5S. The fourth-order valence-corrected chi connectivity index (χ4v) is 4.69. The number of halogens is 1. The van der Waals surface area contributed by atoms with Gasteiger partial charge in [0.25, 0.3) is 21.6 Å². The minimum absolute atomic E-state index is 0.0317. The smallest absolute Gasteiger partial charge is 0.271 e. The van der Waals surface area contributed by atoms with Gasteiger partial charge >= 0.3 is 0 Å². The summed E-state index contributed by atoms with van der Waals surface area (Å²) in [6.45, 7) is 1.28. The van der Waals surface area contributed by atoms with Crippen LogP contribution in [0.1, 0.15) is 11.1 Å². The highest BCUT2D eigenvalue weighted by molar-refractivity contribution is 9.10. The summed E-state index contributed by atoms with van der Waals surface area (Å²) in [5.74, 6) is -0.722. The molecule has 0 saturated carbocycles. The minimum Gasteiger partial charge on any atom is -0.271 e. The average molecular weight is 531 g/mol. The molecule has 1 amide bonds. The lowest BCUT2D eigenvalue weighted by Crippen LogP contribution is -2.39. The number of para-hydroxylation sites is 1. The van der Waals surface area contributed by atoms with Crippen molar-refractivity contribution >= 4 is 49.4 Å². The number of rotatable bonds is 8. The van der Waals surface area contributed by atoms with Crippen LogP contribution in [-0.4, -0.2) is 32.0 Å². The molecule has 0 aliphatic heterocycles. The van der Waals surface area contributed by atoms with Gasteiger partial charge in [-0.15, -0.1) is 0 Å². The summed E-state index contributed by atoms with van der Waals surface area (Å²) in [5, 5.41) is 14.8. The number of hydrogen-bond donors (Lipinski definition) is 1. The van der Waals surface area contributed by atoms with Crippen molar-refractivity contribution in [1.82, 2.24) is 5.43 Å². The van der Waals surface area contributed by atoms with Crippen molar-refractivity contribution in [1.29, 1.82) is 0 Å². The van der Waals surface area contributed by atoms with E-state index in [1.165, 1.54) is 30.3 Å². The van der Waals surface area contributed by atoms with E-state index in [2.05, 4.69) is 26.5 Å². The van der Waals surface area contributed by atoms with E-state index >= 15 is 0 Å². The van der Waals surface area contributed by atoms with Gasteiger partial charge in [0.1, 0.15) is 6.54 Å². The van der Waals surface area contributed by atoms with Crippen LogP contribution in [0.5, 0.6) is 0 Å². The monoisotopic (exact) mass is 530 g/mol. The highest BCUT2D eigenvalue weighted by Gasteiger charge is 2.27. The second-order valence-electron chi connectivity index (χ2n) is 6.91. The molecule has 3 aromatic rings. The lowest BCUT2D eigenvalue weighted by Gasteiger charge is -2.24. The molecular weight excluding hydrogens is 512 g/mol. The predicted molar refractivity (Wildman–Crippen MR) is 129 cm³/mol. The number of benzene rings is 3. The molecule has 0 saturated heterocycles. The van der Waals surface area contributed by atoms with Crippen molar-refractivity contribution < 1.29 is 18.1 Å². The minimum atomic E-state index is -4.07. The third-order valence-corrected chi connectivity index (χ3v) is 6.80. The zero-order chi connectivity index (χ0) is 24.0. The number of aryl methyl sites for hydroxylation is 1. The Labute approximate surface area is 199 Å². The van der Waals surface area contributed by atoms with Gasteiger partial charge in [-0.3, -0.25) is 19.2 Å². The van der Waals surface area contributed by atoms with Gasteiger partial charge in [0.15, 0.2) is 0 Å². The zero-order valence-electron chi connectivity index (χ0n) is 17.4. The molecule has 0 aliphatic rings. The molecule has 170 valence electrons. The summed E-state index contributed by atoms with van der Waals surface area (Å²) in [4.78, 5) is 23.1. The van der Waals surface area contributed by atoms with Gasteiger partial charge in [-0.2, -0.15) is 5.10 Å². The number of nitro benzene ring substituents is 1. The van der Waals surface area contributed by atoms with Crippen LogP contribution < -0.4 is 9.73 Å². The average Bonchev–Trinajstić information content (AvgIpc) is 2.78. The normalized spacial score (nSPS) is 11.3. The van der Waals surface area contributed by atoms with Crippen molar-refractivity contribution in [2.75, 3.05) is 10.8 Å². The molecule has 0 unspecified atom stereocenters. The summed E-state index contributed by atoms with van der Waals surface area (Å²) < 4.78 is 28.3. The third-order valence-electron chi connectivity index (χ3n) is 4.52. The number of nitro groups is 1. The number of anilines is 1. The van der Waals surface area contributed by atoms with Gasteiger partial charge < -0.3 is 0 Å². The Bertz CT molecular complexity index is 1310. The maximum Gasteiger partial charge on any atom is 0.278 e. The predicted octanol–water partition coefficient (Wildman–Crippen LogP) is 4.01. The first-order valence-corrected chi connectivity index (χ1v) is 11.8. The summed E-state index contributed by atoms with van der Waals surface area (Å²) in [7, 11) is -4.07. The second kappa shape index (κ2) is 10.4. The number of nitrogens with one attached hydrogen (secondary N) is 1. The number of hydrazone groups is 1. The molecule has 0 radical (unpaired) electrons. The van der Waals surface area contributed by atoms with Crippen molar-refractivity contribution in [2.24, 2.45) is 5.10 Å². The Kier molecular flexibility index (Phi) is 7.56. The number of nitrogens with zero attached hydrogens (tertiary/aromatic N) is 3. The molecule has 0 spiro atoms. The molecule has 9 nitrogen and oxygen atoms in total. The van der Waals surface area contributed by atoms with Crippen LogP contribution >= 0.6 is 15.9 Å². The molecule has 33 heavy (non-hydrogen) atoms. The number of carbonyl (C=O) groups is 1. The molecule has 0 bridgehead atoms. The van der Waals surface area contributed by atoms with Crippen LogP contribution in [0.4, 0.5) is 11.4 Å². The summed E-state index contributed by atoms with van der Waals surface area (Å²) in [6, 6.07) is 18.7. The van der Waals surface area contributed by atoms with Gasteiger partial charge in [0.05, 0.1) is 27.3 Å². The molecule has 0 atom stereocenters. The Hall–Kier alpha value is -3.57. The van der Waals surface area contributed by atoms with Gasteiger partial charge in [-0.05, 0) is 43.3 Å². The molecule has 3 rings (SSSR count). The van der Waals surface area contributed by atoms with E-state index in [4.69, 9.17) is 0 Å². The van der Waals surface area contributed by atoms with Crippen LogP contribution in [0, 0.1) is 17.0 Å². The van der Waals surface area contributed by atoms with Crippen LogP contribution in [-0.2, 0) is 14.8 Å². The van der Waals surface area contributed by atoms with Crippen molar-refractivity contribution in [3.8, 4) is 0 Å². The fourth-order valence-electron chi connectivity index (χ4n) is 2.89. The van der Waals surface area contributed by atoms with E-state index in [0.29, 0.717) is 4.47 Å². The summed E-state index contributed by atoms with van der Waals surface area (Å²) >= 11 is 3.31. The van der Waals surface area contributed by atoms with E-state index < -0.39 is 27.4 Å². The Morgan fingerprint density at radius 1 is 1.12 bits per heavy atom. The molecule has 1 N–H and O–H groups in total. The zero-order valence-corrected chi connectivity index (χ0v) is 19.8. The summed E-state index contributed by atoms with van der Waals surface area (Å²) in [6.07, 6.45) is 1.13. The van der Waals surface area contributed by atoms with Crippen LogP contribution in [0.15, 0.2) is 87.3 Å². The first-order valence-electron chi connectivity index (χ1n) is 9.59. The molecule has 0 heterocycles. The molecule has 0 fully saturated rings. The lowest BCUT2D eigenvalue weighted by molar-refractivity contribution is -0.385. The standard InChI is InChI=1S/C22H19BrN4O5S/c1-16-9-11-20(12-10-16)33(31,32)26(19-7-4-6-18(23)13-19)15-22(28)25-24-14-17-5-2-3-8-21(17)27(29)30/h2-14H,15H2,1H3,(H,25,28)/b24-14-. The SMILES string of the molecule is Cc1ccc(S(=O)(=O)N(CC(=O)N/N=C\c2ccccc2[N+](=O)[O-])c2cccc(Br)c2)cc1. The Morgan fingerprint density at radius 2 is 1.82 bits per heavy atom. The maximum atomic E-state index is 13.3. The number of amides is 1. The van der Waals surface area contributed by atoms with Gasteiger partial charge in [0.2, 0.25) is 0 Å². The highest BCUT2D eigenvalue weighted by Crippen LogP contribution is 2.26. The number of carbonyl (C=O) groups excluding carboxylic acids is 1. The van der Waals surface area contributed by atoms with Crippen LogP contribution in [0.2, 0.25) is 0 Å². The van der Waals surface area contributed by atoms with Crippen LogP contribution in [0.3, 0.4) is 0 Å². The topological polar surface area (TPSA) is 122 Å². The van der Waals surface area contributed by atoms with Crippen molar-refractivity contribution in [3.63, 3.8) is 0 Å². The second-order valence-corrected chi connectivity index (χ2v) is 9.69. The molecule has 0 aliphatic carbocycles. The van der Waals surface area contributed by atoms with Crippen molar-refractivity contribution in [3.05, 3.63) is 98.5 Å². The van der Waals surface area contributed by atoms with E-state index in [1.807, 2.05) is 6.92 Å². The van der Waals surface area contributed by atoms with E-state index in [0.717, 1.165) is 16.1 Å². The summed E-state index contributed by atoms with van der Waals surface area (Å²) in [5.41, 5.74) is 3.43. The number of hydrogen-bond acceptors (Lipinski definition) is 6. The quantitative estimate of drug-likeness (QED) is 0.267. The Morgan fingerprint density at radius 3 is 2.48 bits per heavy atom. The lowest BCUT2D eigenvalue weighted by atomic mass is 10.2. The first-order chi connectivity index (χ1) is 15.7. The molecule has 11 heteroatoms.